The Morgan fingerprint density at radius 2 is 1.06 bits per heavy atom. The molecule has 69 heavy (non-hydrogen) atoms. The summed E-state index contributed by atoms with van der Waals surface area (Å²) in [5.74, 6) is -4.10. The maximum atomic E-state index is 14.0. The topological polar surface area (TPSA) is 423 Å². The van der Waals surface area contributed by atoms with E-state index >= 15 is 0 Å². The SMILES string of the molecule is C[C@@H]1O[C@@H](OCCNC(=O)CN(CC(=O)NCCCCCC(=O)ON2C(=O)CCC2=O)CC(=O)N(CCOC2O[C@H](CO)[C@@H](O)[C@H](O)[C@@H]2O)CCOC2O[C@H](CO)[C@@H](O)[C@H](O)[C@@H]2O)[C@@H](O)[C@H](O)[C@@H]1O. The lowest BCUT2D eigenvalue weighted by atomic mass is 9.99. The van der Waals surface area contributed by atoms with E-state index in [4.69, 9.17) is 33.3 Å². The summed E-state index contributed by atoms with van der Waals surface area (Å²) in [5, 5.41) is 117. The van der Waals surface area contributed by atoms with Crippen LogP contribution in [0.1, 0.15) is 45.4 Å². The van der Waals surface area contributed by atoms with E-state index in [1.165, 1.54) is 11.8 Å². The molecule has 0 aromatic carbocycles. The molecule has 5 amide bonds. The van der Waals surface area contributed by atoms with Gasteiger partial charge in [-0.05, 0) is 19.8 Å². The number of aliphatic hydroxyl groups excluding tert-OH is 11. The van der Waals surface area contributed by atoms with Crippen molar-refractivity contribution < 1.29 is 118 Å². The molecular weight excluding hydrogens is 934 g/mol. The van der Waals surface area contributed by atoms with Crippen molar-refractivity contribution in [3.8, 4) is 0 Å². The lowest BCUT2D eigenvalue weighted by Crippen LogP contribution is -2.59. The van der Waals surface area contributed by atoms with Crippen LogP contribution in [0, 0.1) is 0 Å². The van der Waals surface area contributed by atoms with E-state index in [1.54, 1.807) is 0 Å². The second kappa shape index (κ2) is 28.4. The molecule has 4 rings (SSSR count). The molecule has 0 saturated carbocycles. The highest BCUT2D eigenvalue weighted by Crippen LogP contribution is 2.24. The summed E-state index contributed by atoms with van der Waals surface area (Å²) < 4.78 is 32.7. The first-order chi connectivity index (χ1) is 32.8. The summed E-state index contributed by atoms with van der Waals surface area (Å²) in [5.41, 5.74) is 0. The Morgan fingerprint density at radius 1 is 0.594 bits per heavy atom. The number of imide groups is 1. The second-order valence-corrected chi connectivity index (χ2v) is 16.8. The van der Waals surface area contributed by atoms with Crippen molar-refractivity contribution in [2.45, 2.75) is 138 Å². The standard InChI is InChI=1S/C40H67N5O24/c1-20-29(54)32(57)35(60)38(66-20)63-12-9-42-24(49)16-43(15-23(48)41-8-4-2-3-5-28(53)69-45-25(50)6-7-26(45)51)17-27(52)44(10-13-64-39-36(61)33(58)30(55)21(18-46)67-39)11-14-65-40-37(62)34(59)31(56)22(19-47)68-40/h20-22,29-40,46-47,54-62H,2-19H2,1H3,(H,41,48)(H,42,49)/t20-,21+,22+,29+,30+,31+,32+,33-,34-,35-,36-,37-,38+,39?,40?/m0/s1. The number of hydrogen-bond donors (Lipinski definition) is 13. The van der Waals surface area contributed by atoms with Crippen molar-refractivity contribution in [3.05, 3.63) is 0 Å². The number of rotatable bonds is 27. The molecule has 396 valence electrons. The third-order valence-corrected chi connectivity index (χ3v) is 11.5. The Kier molecular flexibility index (Phi) is 23.8. The summed E-state index contributed by atoms with van der Waals surface area (Å²) in [6, 6.07) is 0. The molecule has 0 radical (unpaired) electrons. The van der Waals surface area contributed by atoms with Crippen LogP contribution in [0.2, 0.25) is 0 Å². The molecule has 0 aromatic heterocycles. The summed E-state index contributed by atoms with van der Waals surface area (Å²) >= 11 is 0. The molecule has 4 aliphatic rings. The largest absolute Gasteiger partial charge is 0.394 e. The molecule has 15 atom stereocenters. The molecule has 4 fully saturated rings. The average molecular weight is 1000 g/mol. The number of carbonyl (C=O) groups excluding carboxylic acids is 6. The van der Waals surface area contributed by atoms with E-state index in [1.807, 2.05) is 0 Å². The van der Waals surface area contributed by atoms with Gasteiger partial charge in [0, 0.05) is 45.4 Å². The quantitative estimate of drug-likeness (QED) is 0.0268. The summed E-state index contributed by atoms with van der Waals surface area (Å²) in [7, 11) is 0. The Labute approximate surface area is 395 Å². The Hall–Kier alpha value is -3.70. The maximum absolute atomic E-state index is 14.0. The zero-order chi connectivity index (χ0) is 50.9. The third kappa shape index (κ3) is 17.0. The van der Waals surface area contributed by atoms with Crippen molar-refractivity contribution in [1.29, 1.82) is 0 Å². The van der Waals surface area contributed by atoms with E-state index in [9.17, 15) is 84.9 Å². The highest BCUT2D eigenvalue weighted by molar-refractivity contribution is 6.01. The van der Waals surface area contributed by atoms with Gasteiger partial charge in [0.15, 0.2) is 18.9 Å². The van der Waals surface area contributed by atoms with Crippen LogP contribution >= 0.6 is 0 Å². The van der Waals surface area contributed by atoms with Crippen LogP contribution in [0.25, 0.3) is 0 Å². The zero-order valence-corrected chi connectivity index (χ0v) is 38.0. The van der Waals surface area contributed by atoms with Gasteiger partial charge in [0.25, 0.3) is 11.8 Å². The van der Waals surface area contributed by atoms with Gasteiger partial charge in [0.1, 0.15) is 67.1 Å². The number of nitrogens with zero attached hydrogens (tertiary/aromatic N) is 3. The van der Waals surface area contributed by atoms with Gasteiger partial charge in [-0.15, -0.1) is 5.06 Å². The Bertz CT molecular complexity index is 1610. The predicted molar refractivity (Wildman–Crippen MR) is 222 cm³/mol. The van der Waals surface area contributed by atoms with Crippen molar-refractivity contribution in [2.75, 3.05) is 78.8 Å². The molecule has 0 spiro atoms. The maximum Gasteiger partial charge on any atom is 0.333 e. The number of nitrogens with one attached hydrogen (secondary N) is 2. The number of hydrogen-bond acceptors (Lipinski definition) is 25. The first-order valence-corrected chi connectivity index (χ1v) is 22.5. The van der Waals surface area contributed by atoms with Gasteiger partial charge in [-0.3, -0.25) is 28.9 Å². The highest BCUT2D eigenvalue weighted by atomic mass is 16.7. The van der Waals surface area contributed by atoms with E-state index in [0.717, 1.165) is 4.90 Å². The highest BCUT2D eigenvalue weighted by Gasteiger charge is 2.46. The summed E-state index contributed by atoms with van der Waals surface area (Å²) in [6.45, 7) is -3.58. The van der Waals surface area contributed by atoms with E-state index in [2.05, 4.69) is 10.6 Å². The first-order valence-electron chi connectivity index (χ1n) is 22.5. The number of carbonyl (C=O) groups is 6. The number of amides is 5. The smallest absolute Gasteiger partial charge is 0.333 e. The van der Waals surface area contributed by atoms with Crippen LogP contribution in [0.15, 0.2) is 0 Å². The number of unbranched alkanes of at least 4 members (excludes halogenated alkanes) is 2. The Morgan fingerprint density at radius 3 is 1.57 bits per heavy atom. The van der Waals surface area contributed by atoms with Gasteiger partial charge in [-0.2, -0.15) is 0 Å². The fraction of sp³-hybridized carbons (Fsp3) is 0.850. The molecule has 29 heteroatoms. The van der Waals surface area contributed by atoms with Crippen molar-refractivity contribution in [3.63, 3.8) is 0 Å². The fourth-order valence-electron chi connectivity index (χ4n) is 7.43. The number of aliphatic hydroxyl groups is 11. The molecule has 2 unspecified atom stereocenters. The molecule has 4 aliphatic heterocycles. The van der Waals surface area contributed by atoms with Gasteiger partial charge >= 0.3 is 5.97 Å². The summed E-state index contributed by atoms with van der Waals surface area (Å²) in [6.07, 6.45) is -22.1. The fourth-order valence-corrected chi connectivity index (χ4v) is 7.43. The first kappa shape index (κ1) is 57.9. The van der Waals surface area contributed by atoms with Crippen LogP contribution in [-0.2, 0) is 62.0 Å². The zero-order valence-electron chi connectivity index (χ0n) is 38.0. The summed E-state index contributed by atoms with van der Waals surface area (Å²) in [4.78, 5) is 83.1. The van der Waals surface area contributed by atoms with Crippen molar-refractivity contribution >= 4 is 35.5 Å². The third-order valence-electron chi connectivity index (χ3n) is 11.5. The van der Waals surface area contributed by atoms with Gasteiger partial charge in [-0.25, -0.2) is 4.79 Å². The monoisotopic (exact) mass is 1000 g/mol. The van der Waals surface area contributed by atoms with Gasteiger partial charge in [0.2, 0.25) is 17.7 Å². The number of hydroxylamine groups is 2. The van der Waals surface area contributed by atoms with Crippen molar-refractivity contribution in [2.24, 2.45) is 0 Å². The Balaban J connectivity index is 1.39. The lowest BCUT2D eigenvalue weighted by Gasteiger charge is -2.40. The molecule has 4 saturated heterocycles. The molecule has 13 N–H and O–H groups in total. The van der Waals surface area contributed by atoms with E-state index in [0.29, 0.717) is 24.3 Å². The molecule has 29 nitrogen and oxygen atoms in total. The predicted octanol–water partition coefficient (Wildman–Crippen LogP) is -9.01. The van der Waals surface area contributed by atoms with Crippen LogP contribution in [-0.4, -0.2) is 278 Å². The minimum absolute atomic E-state index is 0.0524. The number of ether oxygens (including phenoxy) is 6. The second-order valence-electron chi connectivity index (χ2n) is 16.8. The molecule has 0 aliphatic carbocycles. The van der Waals surface area contributed by atoms with Gasteiger partial charge in [-0.1, -0.05) is 6.42 Å². The minimum Gasteiger partial charge on any atom is -0.394 e. The molecule has 4 heterocycles. The molecule has 0 bridgehead atoms. The molecule has 0 aromatic rings. The van der Waals surface area contributed by atoms with Crippen LogP contribution in [0.3, 0.4) is 0 Å². The van der Waals surface area contributed by atoms with Crippen LogP contribution in [0.5, 0.6) is 0 Å². The normalized spacial score (nSPS) is 32.8. The minimum atomic E-state index is -1.78. The lowest BCUT2D eigenvalue weighted by molar-refractivity contribution is -0.303. The molecular formula is C40H67N5O24. The van der Waals surface area contributed by atoms with Gasteiger partial charge < -0.3 is 105 Å². The van der Waals surface area contributed by atoms with E-state index in [-0.39, 0.29) is 52.0 Å². The van der Waals surface area contributed by atoms with Gasteiger partial charge in [0.05, 0.1) is 58.8 Å². The van der Waals surface area contributed by atoms with Crippen molar-refractivity contribution in [1.82, 2.24) is 25.5 Å². The van der Waals surface area contributed by atoms with E-state index < -0.39 is 174 Å². The van der Waals surface area contributed by atoms with Crippen LogP contribution < -0.4 is 10.6 Å². The average Bonchev–Trinajstić information content (AvgIpc) is 3.63. The van der Waals surface area contributed by atoms with Crippen LogP contribution in [0.4, 0.5) is 0 Å².